The predicted octanol–water partition coefficient (Wildman–Crippen LogP) is 4.06. The highest BCUT2D eigenvalue weighted by Gasteiger charge is 2.08. The lowest BCUT2D eigenvalue weighted by Gasteiger charge is -2.06. The van der Waals surface area contributed by atoms with Gasteiger partial charge in [0.25, 0.3) is 0 Å². The van der Waals surface area contributed by atoms with E-state index in [0.29, 0.717) is 4.77 Å². The molecule has 0 aliphatic rings. The molecular weight excluding hydrogens is 298 g/mol. The van der Waals surface area contributed by atoms with Gasteiger partial charge in [-0.2, -0.15) is 0 Å². The van der Waals surface area contributed by atoms with Crippen LogP contribution in [0.3, 0.4) is 0 Å². The van der Waals surface area contributed by atoms with Crippen molar-refractivity contribution < 1.29 is 9.21 Å². The number of benzene rings is 1. The Morgan fingerprint density at radius 2 is 2.14 bits per heavy atom. The highest BCUT2D eigenvalue weighted by molar-refractivity contribution is 7.71. The molecule has 0 radical (unpaired) electrons. The van der Waals surface area contributed by atoms with E-state index in [-0.39, 0.29) is 5.91 Å². The highest BCUT2D eigenvalue weighted by Crippen LogP contribution is 2.23. The van der Waals surface area contributed by atoms with Gasteiger partial charge in [0.2, 0.25) is 5.91 Å². The summed E-state index contributed by atoms with van der Waals surface area (Å²) >= 11 is 5.37. The summed E-state index contributed by atoms with van der Waals surface area (Å²) in [6, 6.07) is 11.3. The zero-order valence-corrected chi connectivity index (χ0v) is 13.0. The van der Waals surface area contributed by atoms with E-state index >= 15 is 0 Å². The third-order valence-corrected chi connectivity index (χ3v) is 3.47. The van der Waals surface area contributed by atoms with E-state index in [1.54, 1.807) is 0 Å². The fraction of sp³-hybridized carbons (Fsp3) is 0.125. The molecule has 0 bridgehead atoms. The van der Waals surface area contributed by atoms with Crippen LogP contribution in [0.4, 0.5) is 5.69 Å². The maximum Gasteiger partial charge on any atom is 0.221 e. The topological polar surface area (TPSA) is 63.0 Å². The summed E-state index contributed by atoms with van der Waals surface area (Å²) < 4.78 is 8.00. The second-order valence-electron chi connectivity index (χ2n) is 4.98. The Morgan fingerprint density at radius 1 is 1.32 bits per heavy atom. The molecule has 3 rings (SSSR count). The predicted molar refractivity (Wildman–Crippen MR) is 87.7 cm³/mol. The Labute approximate surface area is 132 Å². The van der Waals surface area contributed by atoms with Crippen molar-refractivity contribution in [1.29, 1.82) is 0 Å². The van der Waals surface area contributed by atoms with Gasteiger partial charge in [-0.05, 0) is 49.5 Å². The van der Waals surface area contributed by atoms with Crippen molar-refractivity contribution in [3.05, 3.63) is 53.1 Å². The van der Waals surface area contributed by atoms with Crippen molar-refractivity contribution in [3.8, 4) is 17.1 Å². The second-order valence-corrected chi connectivity index (χ2v) is 5.37. The van der Waals surface area contributed by atoms with E-state index < -0.39 is 0 Å². The highest BCUT2D eigenvalue weighted by atomic mass is 32.1. The molecule has 22 heavy (non-hydrogen) atoms. The molecule has 3 aromatic rings. The third kappa shape index (κ3) is 2.87. The fourth-order valence-corrected chi connectivity index (χ4v) is 2.50. The number of aryl methyl sites for hydroxylation is 1. The average molecular weight is 313 g/mol. The largest absolute Gasteiger partial charge is 0.460 e. The van der Waals surface area contributed by atoms with Crippen LogP contribution in [0.15, 0.2) is 47.0 Å². The summed E-state index contributed by atoms with van der Waals surface area (Å²) in [6.45, 7) is 3.37. The van der Waals surface area contributed by atoms with Gasteiger partial charge in [-0.3, -0.25) is 9.36 Å². The number of H-pyrrole nitrogens is 1. The molecule has 2 aromatic heterocycles. The molecule has 1 amide bonds. The molecule has 0 saturated carbocycles. The minimum absolute atomic E-state index is 0.110. The standard InChI is InChI=1S/C16H15N3O2S/c1-10-6-7-15(21-10)14-9-19(16(22)18-14)13-5-3-4-12(8-13)17-11(2)20/h3-9H,1-2H3,(H,17,20)(H,18,22). The van der Waals surface area contributed by atoms with Crippen LogP contribution in [0.1, 0.15) is 12.7 Å². The molecule has 0 fully saturated rings. The fourth-order valence-electron chi connectivity index (χ4n) is 2.23. The van der Waals surface area contributed by atoms with E-state index in [1.807, 2.05) is 54.1 Å². The lowest BCUT2D eigenvalue weighted by atomic mass is 10.2. The zero-order valence-electron chi connectivity index (χ0n) is 12.2. The number of carbonyl (C=O) groups is 1. The van der Waals surface area contributed by atoms with Crippen LogP contribution in [0, 0.1) is 11.7 Å². The minimum atomic E-state index is -0.110. The first-order valence-electron chi connectivity index (χ1n) is 6.79. The number of nitrogens with one attached hydrogen (secondary N) is 2. The first-order chi connectivity index (χ1) is 10.5. The number of hydrogen-bond donors (Lipinski definition) is 2. The van der Waals surface area contributed by atoms with Gasteiger partial charge < -0.3 is 14.7 Å². The number of aromatic amines is 1. The molecular formula is C16H15N3O2S. The number of amides is 1. The van der Waals surface area contributed by atoms with Gasteiger partial charge >= 0.3 is 0 Å². The zero-order chi connectivity index (χ0) is 15.7. The van der Waals surface area contributed by atoms with E-state index in [0.717, 1.165) is 28.6 Å². The smallest absolute Gasteiger partial charge is 0.221 e. The van der Waals surface area contributed by atoms with Crippen molar-refractivity contribution in [3.63, 3.8) is 0 Å². The molecule has 0 unspecified atom stereocenters. The van der Waals surface area contributed by atoms with Gasteiger partial charge in [0.1, 0.15) is 11.5 Å². The summed E-state index contributed by atoms with van der Waals surface area (Å²) in [5.74, 6) is 1.47. The summed E-state index contributed by atoms with van der Waals surface area (Å²) in [4.78, 5) is 14.3. The molecule has 0 aliphatic carbocycles. The van der Waals surface area contributed by atoms with Gasteiger partial charge in [-0.1, -0.05) is 6.07 Å². The number of anilines is 1. The van der Waals surface area contributed by atoms with E-state index in [2.05, 4.69) is 10.3 Å². The van der Waals surface area contributed by atoms with Crippen molar-refractivity contribution in [2.75, 3.05) is 5.32 Å². The van der Waals surface area contributed by atoms with Crippen molar-refractivity contribution in [2.45, 2.75) is 13.8 Å². The average Bonchev–Trinajstić information content (AvgIpc) is 3.04. The van der Waals surface area contributed by atoms with Crippen LogP contribution in [0.5, 0.6) is 0 Å². The van der Waals surface area contributed by atoms with Gasteiger partial charge in [0.15, 0.2) is 10.5 Å². The number of hydrogen-bond acceptors (Lipinski definition) is 3. The van der Waals surface area contributed by atoms with Gasteiger partial charge in [-0.15, -0.1) is 0 Å². The number of carbonyl (C=O) groups excluding carboxylic acids is 1. The maximum absolute atomic E-state index is 11.2. The summed E-state index contributed by atoms with van der Waals surface area (Å²) in [5.41, 5.74) is 2.40. The summed E-state index contributed by atoms with van der Waals surface area (Å²) in [7, 11) is 0. The van der Waals surface area contributed by atoms with E-state index in [4.69, 9.17) is 16.6 Å². The summed E-state index contributed by atoms with van der Waals surface area (Å²) in [5, 5.41) is 2.76. The normalized spacial score (nSPS) is 10.6. The van der Waals surface area contributed by atoms with Crippen LogP contribution >= 0.6 is 12.2 Å². The van der Waals surface area contributed by atoms with Crippen LogP contribution < -0.4 is 5.32 Å². The van der Waals surface area contributed by atoms with E-state index in [9.17, 15) is 4.79 Å². The second kappa shape index (κ2) is 5.65. The number of nitrogens with zero attached hydrogens (tertiary/aromatic N) is 1. The summed E-state index contributed by atoms with van der Waals surface area (Å²) in [6.07, 6.45) is 1.88. The number of imidazole rings is 1. The number of aromatic nitrogens is 2. The molecule has 1 aromatic carbocycles. The quantitative estimate of drug-likeness (QED) is 0.717. The van der Waals surface area contributed by atoms with Crippen molar-refractivity contribution in [1.82, 2.24) is 9.55 Å². The van der Waals surface area contributed by atoms with Crippen molar-refractivity contribution >= 4 is 23.8 Å². The maximum atomic E-state index is 11.2. The van der Waals surface area contributed by atoms with Crippen LogP contribution in [0.25, 0.3) is 17.1 Å². The third-order valence-electron chi connectivity index (χ3n) is 3.17. The Bertz CT molecular complexity index is 889. The Balaban J connectivity index is 2.00. The van der Waals surface area contributed by atoms with Gasteiger partial charge in [0.05, 0.1) is 0 Å². The monoisotopic (exact) mass is 313 g/mol. The first kappa shape index (κ1) is 14.3. The minimum Gasteiger partial charge on any atom is -0.460 e. The molecule has 0 spiro atoms. The molecule has 0 atom stereocenters. The lowest BCUT2D eigenvalue weighted by molar-refractivity contribution is -0.114. The molecule has 6 heteroatoms. The van der Waals surface area contributed by atoms with Crippen LogP contribution in [0.2, 0.25) is 0 Å². The van der Waals surface area contributed by atoms with Crippen LogP contribution in [-0.2, 0) is 4.79 Å². The Kier molecular flexibility index (Phi) is 3.68. The molecule has 2 heterocycles. The van der Waals surface area contributed by atoms with Gasteiger partial charge in [-0.25, -0.2) is 0 Å². The van der Waals surface area contributed by atoms with E-state index in [1.165, 1.54) is 6.92 Å². The lowest BCUT2D eigenvalue weighted by Crippen LogP contribution is -2.06. The Morgan fingerprint density at radius 3 is 2.82 bits per heavy atom. The number of furan rings is 1. The first-order valence-corrected chi connectivity index (χ1v) is 7.20. The van der Waals surface area contributed by atoms with Crippen molar-refractivity contribution in [2.24, 2.45) is 0 Å². The Hall–Kier alpha value is -2.60. The molecule has 0 saturated heterocycles. The van der Waals surface area contributed by atoms with Crippen LogP contribution in [-0.4, -0.2) is 15.5 Å². The SMILES string of the molecule is CC(=O)Nc1cccc(-n2cc(-c3ccc(C)o3)[nH]c2=S)c1. The molecule has 5 nitrogen and oxygen atoms in total. The molecule has 2 N–H and O–H groups in total. The number of rotatable bonds is 3. The van der Waals surface area contributed by atoms with Gasteiger partial charge in [0, 0.05) is 24.5 Å². The molecule has 0 aliphatic heterocycles. The molecule has 112 valence electrons.